The van der Waals surface area contributed by atoms with Crippen molar-refractivity contribution in [1.29, 1.82) is 0 Å². The molecule has 2 unspecified atom stereocenters. The average Bonchev–Trinajstić information content (AvgIpc) is 3.22. The van der Waals surface area contributed by atoms with E-state index >= 15 is 0 Å². The van der Waals surface area contributed by atoms with Gasteiger partial charge in [-0.25, -0.2) is 0 Å². The highest BCUT2D eigenvalue weighted by atomic mass is 16.5. The summed E-state index contributed by atoms with van der Waals surface area (Å²) < 4.78 is 6.32. The molecule has 3 aliphatic rings. The van der Waals surface area contributed by atoms with Crippen molar-refractivity contribution in [2.24, 2.45) is 11.8 Å². The first kappa shape index (κ1) is 24.9. The minimum absolute atomic E-state index is 0.00273. The standard InChI is InChI=1S/C29H38N4O3/c1-21-11-12-26(32-31-21)30-27(34)20-33-17-13-22-19-25(24(22)14-18-33)36-28(35)29(15-7-2-3-8-16-29)23-9-5-4-6-10-23/h4-6,9-12,22,24-25H,2-3,7-8,13-20H2,1H3,(H,30,32,34)/t22?,24?,25-/m0/s1. The van der Waals surface area contributed by atoms with Crippen LogP contribution in [0, 0.1) is 18.8 Å². The van der Waals surface area contributed by atoms with Crippen LogP contribution in [0.15, 0.2) is 42.5 Å². The van der Waals surface area contributed by atoms with Crippen LogP contribution in [-0.4, -0.2) is 52.7 Å². The SMILES string of the molecule is Cc1ccc(NC(=O)CN2CCC3C[C@H](OC(=O)C4(c5ccccc5)CCCCCC4)C3CC2)nn1. The van der Waals surface area contributed by atoms with Crippen molar-refractivity contribution in [1.82, 2.24) is 15.1 Å². The van der Waals surface area contributed by atoms with Gasteiger partial charge in [0.25, 0.3) is 0 Å². The third-order valence-electron chi connectivity index (χ3n) is 8.58. The maximum absolute atomic E-state index is 13.7. The molecule has 1 aromatic heterocycles. The molecule has 1 aliphatic heterocycles. The van der Waals surface area contributed by atoms with Crippen LogP contribution in [0.3, 0.4) is 0 Å². The Labute approximate surface area is 214 Å². The van der Waals surface area contributed by atoms with E-state index in [0.29, 0.717) is 24.2 Å². The summed E-state index contributed by atoms with van der Waals surface area (Å²) in [5.74, 6) is 1.37. The number of amides is 1. The molecule has 0 radical (unpaired) electrons. The normalized spacial score (nSPS) is 26.0. The highest BCUT2D eigenvalue weighted by molar-refractivity contribution is 5.91. The highest BCUT2D eigenvalue weighted by Gasteiger charge is 2.48. The molecule has 2 heterocycles. The molecule has 1 amide bonds. The summed E-state index contributed by atoms with van der Waals surface area (Å²) in [7, 11) is 0. The maximum atomic E-state index is 13.7. The number of carbonyl (C=O) groups excluding carboxylic acids is 2. The zero-order valence-electron chi connectivity index (χ0n) is 21.3. The molecule has 2 aliphatic carbocycles. The maximum Gasteiger partial charge on any atom is 0.316 e. The Kier molecular flexibility index (Phi) is 7.65. The van der Waals surface area contributed by atoms with Gasteiger partial charge < -0.3 is 10.1 Å². The number of benzene rings is 1. The molecule has 0 bridgehead atoms. The number of aryl methyl sites for hydroxylation is 1. The Morgan fingerprint density at radius 3 is 2.47 bits per heavy atom. The third kappa shape index (κ3) is 5.46. The first-order chi connectivity index (χ1) is 17.5. The number of anilines is 1. The first-order valence-corrected chi connectivity index (χ1v) is 13.6. The molecule has 1 saturated heterocycles. The van der Waals surface area contributed by atoms with Gasteiger partial charge in [0.2, 0.25) is 5.91 Å². The Morgan fingerprint density at radius 1 is 1.00 bits per heavy atom. The molecule has 5 rings (SSSR count). The number of aromatic nitrogens is 2. The number of nitrogens with one attached hydrogen (secondary N) is 1. The van der Waals surface area contributed by atoms with Crippen molar-refractivity contribution in [3.8, 4) is 0 Å². The summed E-state index contributed by atoms with van der Waals surface area (Å²) in [6.07, 6.45) is 9.24. The van der Waals surface area contributed by atoms with Crippen molar-refractivity contribution in [2.45, 2.75) is 76.2 Å². The Balaban J connectivity index is 1.17. The minimum atomic E-state index is -0.503. The van der Waals surface area contributed by atoms with Crippen molar-refractivity contribution in [2.75, 3.05) is 25.0 Å². The lowest BCUT2D eigenvalue weighted by molar-refractivity contribution is -0.171. The number of nitrogens with zero attached hydrogens (tertiary/aromatic N) is 3. The van der Waals surface area contributed by atoms with Gasteiger partial charge in [-0.15, -0.1) is 5.10 Å². The number of rotatable bonds is 6. The monoisotopic (exact) mass is 490 g/mol. The molecule has 3 atom stereocenters. The second kappa shape index (κ2) is 11.1. The topological polar surface area (TPSA) is 84.4 Å². The average molecular weight is 491 g/mol. The van der Waals surface area contributed by atoms with Crippen molar-refractivity contribution >= 4 is 17.7 Å². The van der Waals surface area contributed by atoms with E-state index in [1.165, 1.54) is 12.8 Å². The number of hydrogen-bond donors (Lipinski definition) is 1. The van der Waals surface area contributed by atoms with E-state index in [9.17, 15) is 9.59 Å². The summed E-state index contributed by atoms with van der Waals surface area (Å²) in [5.41, 5.74) is 1.43. The molecule has 0 spiro atoms. The van der Waals surface area contributed by atoms with Crippen molar-refractivity contribution in [3.05, 3.63) is 53.7 Å². The van der Waals surface area contributed by atoms with E-state index in [4.69, 9.17) is 4.74 Å². The molecule has 1 N–H and O–H groups in total. The molecule has 2 saturated carbocycles. The smallest absolute Gasteiger partial charge is 0.316 e. The minimum Gasteiger partial charge on any atom is -0.461 e. The number of likely N-dealkylation sites (tertiary alicyclic amines) is 1. The molecular formula is C29H38N4O3. The van der Waals surface area contributed by atoms with E-state index in [0.717, 1.165) is 69.3 Å². The third-order valence-corrected chi connectivity index (χ3v) is 8.58. The van der Waals surface area contributed by atoms with Gasteiger partial charge in [-0.3, -0.25) is 14.5 Å². The molecule has 192 valence electrons. The van der Waals surface area contributed by atoms with Gasteiger partial charge in [-0.05, 0) is 75.7 Å². The molecule has 3 fully saturated rings. The number of ether oxygens (including phenoxy) is 1. The Morgan fingerprint density at radius 2 is 1.75 bits per heavy atom. The van der Waals surface area contributed by atoms with Crippen LogP contribution in [0.2, 0.25) is 0 Å². The summed E-state index contributed by atoms with van der Waals surface area (Å²) in [6.45, 7) is 3.94. The molecular weight excluding hydrogens is 452 g/mol. The lowest BCUT2D eigenvalue weighted by Crippen LogP contribution is -2.48. The number of fused-ring (bicyclic) bond motifs is 1. The van der Waals surface area contributed by atoms with Crippen LogP contribution in [0.5, 0.6) is 0 Å². The van der Waals surface area contributed by atoms with Gasteiger partial charge >= 0.3 is 5.97 Å². The zero-order valence-corrected chi connectivity index (χ0v) is 21.3. The second-order valence-corrected chi connectivity index (χ2v) is 10.9. The number of esters is 1. The summed E-state index contributed by atoms with van der Waals surface area (Å²) in [5, 5.41) is 10.9. The summed E-state index contributed by atoms with van der Waals surface area (Å²) >= 11 is 0. The molecule has 36 heavy (non-hydrogen) atoms. The summed E-state index contributed by atoms with van der Waals surface area (Å²) in [4.78, 5) is 28.5. The largest absolute Gasteiger partial charge is 0.461 e. The first-order valence-electron chi connectivity index (χ1n) is 13.6. The fraction of sp³-hybridized carbons (Fsp3) is 0.586. The molecule has 1 aromatic carbocycles. The van der Waals surface area contributed by atoms with E-state index < -0.39 is 5.41 Å². The van der Waals surface area contributed by atoms with Crippen LogP contribution < -0.4 is 5.32 Å². The van der Waals surface area contributed by atoms with Crippen molar-refractivity contribution < 1.29 is 14.3 Å². The Hall–Kier alpha value is -2.80. The lowest BCUT2D eigenvalue weighted by atomic mass is 9.68. The molecule has 7 nitrogen and oxygen atoms in total. The van der Waals surface area contributed by atoms with Crippen LogP contribution >= 0.6 is 0 Å². The zero-order chi connectivity index (χ0) is 25.0. The molecule has 2 aromatic rings. The molecule has 7 heteroatoms. The highest BCUT2D eigenvalue weighted by Crippen LogP contribution is 2.46. The predicted molar refractivity (Wildman–Crippen MR) is 138 cm³/mol. The number of hydrogen-bond acceptors (Lipinski definition) is 6. The summed E-state index contributed by atoms with van der Waals surface area (Å²) in [6, 6.07) is 13.9. The van der Waals surface area contributed by atoms with Gasteiger partial charge in [-0.1, -0.05) is 56.0 Å². The van der Waals surface area contributed by atoms with E-state index in [-0.39, 0.29) is 18.0 Å². The van der Waals surface area contributed by atoms with Gasteiger partial charge in [0.05, 0.1) is 17.7 Å². The lowest BCUT2D eigenvalue weighted by Gasteiger charge is -2.45. The second-order valence-electron chi connectivity index (χ2n) is 10.9. The van der Waals surface area contributed by atoms with Crippen molar-refractivity contribution in [3.63, 3.8) is 0 Å². The van der Waals surface area contributed by atoms with Gasteiger partial charge in [0.15, 0.2) is 5.82 Å². The predicted octanol–water partition coefficient (Wildman–Crippen LogP) is 4.66. The van der Waals surface area contributed by atoms with E-state index in [2.05, 4.69) is 32.5 Å². The van der Waals surface area contributed by atoms with Crippen LogP contribution in [-0.2, 0) is 19.7 Å². The van der Waals surface area contributed by atoms with Crippen LogP contribution in [0.1, 0.15) is 69.0 Å². The van der Waals surface area contributed by atoms with Gasteiger partial charge in [0, 0.05) is 5.92 Å². The fourth-order valence-electron chi connectivity index (χ4n) is 6.40. The van der Waals surface area contributed by atoms with Crippen LogP contribution in [0.25, 0.3) is 0 Å². The number of carbonyl (C=O) groups is 2. The quantitative estimate of drug-likeness (QED) is 0.468. The van der Waals surface area contributed by atoms with Gasteiger partial charge in [0.1, 0.15) is 6.10 Å². The Bertz CT molecular complexity index is 1030. The van der Waals surface area contributed by atoms with Crippen LogP contribution in [0.4, 0.5) is 5.82 Å². The fourth-order valence-corrected chi connectivity index (χ4v) is 6.40. The van der Waals surface area contributed by atoms with E-state index in [1.807, 2.05) is 31.2 Å². The van der Waals surface area contributed by atoms with E-state index in [1.54, 1.807) is 6.07 Å². The van der Waals surface area contributed by atoms with Gasteiger partial charge in [-0.2, -0.15) is 5.10 Å².